The Balaban J connectivity index is 3.36. The third-order valence-corrected chi connectivity index (χ3v) is 14.1. The zero-order chi connectivity index (χ0) is 5.91. The van der Waals surface area contributed by atoms with Crippen LogP contribution in [0.3, 0.4) is 0 Å². The van der Waals surface area contributed by atoms with Crippen LogP contribution in [-0.2, 0) is 13.1 Å². The van der Waals surface area contributed by atoms with Gasteiger partial charge in [-0.05, 0) is 0 Å². The first-order chi connectivity index (χ1) is 3.06. The summed E-state index contributed by atoms with van der Waals surface area (Å²) in [6.07, 6.45) is 0. The second-order valence-corrected chi connectivity index (χ2v) is 9.48. The van der Waals surface area contributed by atoms with Gasteiger partial charge in [0.1, 0.15) is 0 Å². The monoisotopic (exact) mass is 274 g/mol. The summed E-state index contributed by atoms with van der Waals surface area (Å²) < 4.78 is 30.1. The van der Waals surface area contributed by atoms with Gasteiger partial charge >= 0.3 is 85.5 Å². The fourth-order valence-corrected chi connectivity index (χ4v) is 15.1. The zero-order valence-electron chi connectivity index (χ0n) is 3.66. The molecule has 0 aromatic rings. The first kappa shape index (κ1) is 9.76. The van der Waals surface area contributed by atoms with Crippen LogP contribution in [0, 0.1) is 0 Å². The van der Waals surface area contributed by atoms with Crippen LogP contribution in [0.2, 0.25) is 0 Å². The van der Waals surface area contributed by atoms with Crippen LogP contribution < -0.4 is 0 Å². The number of rotatable bonds is 2. The molecule has 0 rings (SSSR count). The summed E-state index contributed by atoms with van der Waals surface area (Å²) in [5.74, 6) is 0. The van der Waals surface area contributed by atoms with Crippen LogP contribution in [0.15, 0.2) is 0 Å². The van der Waals surface area contributed by atoms with Crippen LogP contribution >= 0.6 is 0 Å². The third-order valence-electron chi connectivity index (χ3n) is 0.210. The second kappa shape index (κ2) is 4.55. The van der Waals surface area contributed by atoms with Gasteiger partial charge in [0.15, 0.2) is 0 Å². The van der Waals surface area contributed by atoms with Crippen molar-refractivity contribution in [3.63, 3.8) is 0 Å². The Labute approximate surface area is 82.8 Å². The minimum absolute atomic E-state index is 0.357. The molecule has 0 aliphatic carbocycles. The van der Waals surface area contributed by atoms with E-state index in [0.29, 0.717) is 49.8 Å². The molecule has 0 amide bonds. The fraction of sp³-hybridized carbons (Fsp3) is 0. The molecule has 0 atom stereocenters. The summed E-state index contributed by atoms with van der Waals surface area (Å²) in [5, 5.41) is 0. The minimum atomic E-state index is -4.59. The molecule has 7 heavy (non-hydrogen) atoms. The van der Waals surface area contributed by atoms with Crippen molar-refractivity contribution >= 4 is 64.3 Å². The van der Waals surface area contributed by atoms with Gasteiger partial charge in [-0.1, -0.05) is 0 Å². The molecule has 0 aliphatic heterocycles. The van der Waals surface area contributed by atoms with E-state index in [-0.39, 0.29) is 0 Å². The zero-order valence-corrected chi connectivity index (χ0v) is 12.0. The Morgan fingerprint density at radius 3 is 2.14 bits per heavy atom. The van der Waals surface area contributed by atoms with E-state index in [0.717, 1.165) is 0 Å². The second-order valence-electron chi connectivity index (χ2n) is 0.786. The summed E-state index contributed by atoms with van der Waals surface area (Å²) >= 11 is -4.23. The Morgan fingerprint density at radius 2 is 2.14 bits per heavy atom. The van der Waals surface area contributed by atoms with E-state index in [1.807, 2.05) is 0 Å². The van der Waals surface area contributed by atoms with Crippen molar-refractivity contribution in [1.82, 2.24) is 0 Å². The van der Waals surface area contributed by atoms with Crippen LogP contribution in [0.25, 0.3) is 0 Å². The Morgan fingerprint density at radius 1 is 1.71 bits per heavy atom. The van der Waals surface area contributed by atoms with E-state index < -0.39 is 21.5 Å². The summed E-state index contributed by atoms with van der Waals surface area (Å²) in [7, 11) is -0.616. The summed E-state index contributed by atoms with van der Waals surface area (Å²) in [6.45, 7) is 0. The number of hydrogen-bond donors (Lipinski definition) is 2. The Bertz CT molecular complexity index is 85.7. The predicted molar refractivity (Wildman–Crippen MR) is 17.7 cm³/mol. The molecule has 0 unspecified atom stereocenters. The molecular weight excluding hydrogens is 272 g/mol. The molecule has 0 radical (unpaired) electrons. The molecule has 36 valence electrons. The normalized spacial score (nSPS) is 11.4. The van der Waals surface area contributed by atoms with Crippen molar-refractivity contribution in [2.75, 3.05) is 0 Å². The van der Waals surface area contributed by atoms with Gasteiger partial charge in [-0.25, -0.2) is 0 Å². The number of hydrogen-bond acceptors (Lipinski definition) is 2. The Kier molecular flexibility index (Phi) is 6.35. The molecular formula is H2AsO4RbTi. The molecule has 7 heteroatoms. The third kappa shape index (κ3) is 8.76. The van der Waals surface area contributed by atoms with Gasteiger partial charge in [0.25, 0.3) is 0 Å². The van der Waals surface area contributed by atoms with Crippen molar-refractivity contribution in [1.29, 1.82) is 0 Å². The molecule has 0 saturated heterocycles. The molecule has 0 spiro atoms. The van der Waals surface area contributed by atoms with Crippen molar-refractivity contribution in [3.05, 3.63) is 0 Å². The Hall–Kier alpha value is 2.76. The molecule has 2 N–H and O–H groups in total. The summed E-state index contributed by atoms with van der Waals surface area (Å²) in [6, 6.07) is 0. The molecule has 0 saturated carbocycles. The molecule has 0 aromatic carbocycles. The fourth-order valence-electron chi connectivity index (χ4n) is 0.119. The average Bonchev–Trinajstić information content (AvgIpc) is 1.30. The van der Waals surface area contributed by atoms with Crippen LogP contribution in [-0.4, -0.2) is 72.5 Å². The van der Waals surface area contributed by atoms with Gasteiger partial charge in [0, 0.05) is 0 Å². The summed E-state index contributed by atoms with van der Waals surface area (Å²) in [5.41, 5.74) is 0. The first-order valence-electron chi connectivity index (χ1n) is 1.47. The molecule has 0 heterocycles. The van der Waals surface area contributed by atoms with Gasteiger partial charge in [-0.2, -0.15) is 0 Å². The molecule has 0 aliphatic rings. The van der Waals surface area contributed by atoms with Gasteiger partial charge in [0.2, 0.25) is 0 Å². The van der Waals surface area contributed by atoms with E-state index >= 15 is 0 Å². The molecule has 0 fully saturated rings. The van der Waals surface area contributed by atoms with E-state index in [1.54, 1.807) is 0 Å². The van der Waals surface area contributed by atoms with Crippen LogP contribution in [0.1, 0.15) is 0 Å². The van der Waals surface area contributed by atoms with Crippen molar-refractivity contribution in [2.24, 2.45) is 0 Å². The van der Waals surface area contributed by atoms with Crippen molar-refractivity contribution in [3.8, 4) is 0 Å². The van der Waals surface area contributed by atoms with Crippen molar-refractivity contribution in [2.45, 2.75) is 0 Å². The van der Waals surface area contributed by atoms with E-state index in [2.05, 4.69) is 2.31 Å². The molecule has 0 bridgehead atoms. The van der Waals surface area contributed by atoms with Crippen LogP contribution in [0.4, 0.5) is 0 Å². The standard InChI is InChI=1S/AsH3O4.Rb.Ti/c2-1(3,4)5;;/h(H3,2,3,4,5);;/q;;+1/p-1. The van der Waals surface area contributed by atoms with Crippen molar-refractivity contribution < 1.29 is 21.3 Å². The molecule has 4 nitrogen and oxygen atoms in total. The van der Waals surface area contributed by atoms with Gasteiger partial charge < -0.3 is 0 Å². The predicted octanol–water partition coefficient (Wildman–Crippen LogP) is -2.07. The van der Waals surface area contributed by atoms with Crippen LogP contribution in [0.5, 0.6) is 0 Å². The van der Waals surface area contributed by atoms with Gasteiger partial charge in [-0.15, -0.1) is 0 Å². The summed E-state index contributed by atoms with van der Waals surface area (Å²) in [4.78, 5) is 0. The maximum absolute atomic E-state index is 9.83. The van der Waals surface area contributed by atoms with Gasteiger partial charge in [-0.3, -0.25) is 0 Å². The quantitative estimate of drug-likeness (QED) is 0.568. The topological polar surface area (TPSA) is 66.8 Å². The van der Waals surface area contributed by atoms with E-state index in [4.69, 9.17) is 8.19 Å². The SMILES string of the molecule is O=[As](O)(O)[O][Ti][Rb]. The first-order valence-corrected chi connectivity index (χ1v) is 17.0. The van der Waals surface area contributed by atoms with E-state index in [1.165, 1.54) is 0 Å². The maximum atomic E-state index is 9.83. The van der Waals surface area contributed by atoms with Gasteiger partial charge in [0.05, 0.1) is 0 Å². The van der Waals surface area contributed by atoms with E-state index in [9.17, 15) is 3.74 Å². The molecule has 0 aromatic heterocycles. The average molecular weight is 274 g/mol.